The van der Waals surface area contributed by atoms with Crippen LogP contribution in [0.1, 0.15) is 19.3 Å². The Morgan fingerprint density at radius 1 is 1.60 bits per heavy atom. The molecule has 4 unspecified atom stereocenters. The first-order chi connectivity index (χ1) is 4.86. The highest BCUT2D eigenvalue weighted by Crippen LogP contribution is 2.64. The molecule has 0 radical (unpaired) electrons. The zero-order valence-electron chi connectivity index (χ0n) is 6.05. The van der Waals surface area contributed by atoms with Gasteiger partial charge in [-0.2, -0.15) is 0 Å². The Bertz CT molecular complexity index is 199. The summed E-state index contributed by atoms with van der Waals surface area (Å²) in [6.45, 7) is 3.91. The molecule has 0 N–H and O–H groups in total. The molecular weight excluding hydrogens is 124 g/mol. The van der Waals surface area contributed by atoms with Crippen molar-refractivity contribution in [2.24, 2.45) is 11.3 Å². The molecule has 1 heterocycles. The molecule has 0 aromatic carbocycles. The molecule has 0 aromatic heterocycles. The summed E-state index contributed by atoms with van der Waals surface area (Å²) in [5, 5.41) is 0. The molecule has 1 nitrogen and oxygen atoms in total. The van der Waals surface area contributed by atoms with Gasteiger partial charge in [0.25, 0.3) is 0 Å². The Morgan fingerprint density at radius 2 is 2.50 bits per heavy atom. The second kappa shape index (κ2) is 1.33. The van der Waals surface area contributed by atoms with Gasteiger partial charge in [0, 0.05) is 5.41 Å². The monoisotopic (exact) mass is 136 g/mol. The summed E-state index contributed by atoms with van der Waals surface area (Å²) >= 11 is 0. The van der Waals surface area contributed by atoms with Crippen LogP contribution in [0.3, 0.4) is 0 Å². The smallest absolute Gasteiger partial charge is 0.0935 e. The van der Waals surface area contributed by atoms with Gasteiger partial charge < -0.3 is 4.74 Å². The predicted molar refractivity (Wildman–Crippen MR) is 38.6 cm³/mol. The Labute approximate surface area is 61.1 Å². The average Bonchev–Trinajstić information content (AvgIpc) is 2.62. The van der Waals surface area contributed by atoms with Gasteiger partial charge in [0.05, 0.1) is 12.2 Å². The van der Waals surface area contributed by atoms with Crippen LogP contribution >= 0.6 is 0 Å². The van der Waals surface area contributed by atoms with Gasteiger partial charge in [-0.05, 0) is 25.2 Å². The fourth-order valence-corrected chi connectivity index (χ4v) is 2.93. The summed E-state index contributed by atoms with van der Waals surface area (Å²) in [6, 6.07) is 0. The van der Waals surface area contributed by atoms with Gasteiger partial charge >= 0.3 is 0 Å². The Kier molecular flexibility index (Phi) is 0.713. The van der Waals surface area contributed by atoms with Crippen LogP contribution in [0, 0.1) is 11.3 Å². The van der Waals surface area contributed by atoms with Crippen molar-refractivity contribution in [2.75, 3.05) is 0 Å². The highest BCUT2D eigenvalue weighted by atomic mass is 16.6. The summed E-state index contributed by atoms with van der Waals surface area (Å²) in [5.74, 6) is 0.892. The molecule has 4 atom stereocenters. The summed E-state index contributed by atoms with van der Waals surface area (Å²) in [4.78, 5) is 0. The third kappa shape index (κ3) is 0.392. The van der Waals surface area contributed by atoms with Crippen LogP contribution in [-0.2, 0) is 4.74 Å². The molecule has 3 aliphatic rings. The summed E-state index contributed by atoms with van der Waals surface area (Å²) < 4.78 is 5.56. The van der Waals surface area contributed by atoms with Crippen molar-refractivity contribution in [1.82, 2.24) is 0 Å². The first-order valence-electron chi connectivity index (χ1n) is 4.15. The zero-order chi connectivity index (χ0) is 6.77. The lowest BCUT2D eigenvalue weighted by Gasteiger charge is -2.19. The van der Waals surface area contributed by atoms with Crippen LogP contribution in [0.15, 0.2) is 12.7 Å². The van der Waals surface area contributed by atoms with Gasteiger partial charge in [0.15, 0.2) is 0 Å². The van der Waals surface area contributed by atoms with Crippen LogP contribution < -0.4 is 0 Å². The lowest BCUT2D eigenvalue weighted by Crippen LogP contribution is -2.19. The van der Waals surface area contributed by atoms with Gasteiger partial charge in [0.2, 0.25) is 0 Å². The van der Waals surface area contributed by atoms with E-state index < -0.39 is 0 Å². The van der Waals surface area contributed by atoms with E-state index in [1.165, 1.54) is 19.3 Å². The lowest BCUT2D eigenvalue weighted by molar-refractivity contribution is 0.220. The second-order valence-corrected chi connectivity index (χ2v) is 3.96. The predicted octanol–water partition coefficient (Wildman–Crippen LogP) is 1.74. The molecule has 2 bridgehead atoms. The molecule has 54 valence electrons. The normalized spacial score (nSPS) is 62.2. The molecule has 1 aliphatic heterocycles. The molecule has 1 saturated heterocycles. The molecule has 3 rings (SSSR count). The molecule has 2 aliphatic carbocycles. The van der Waals surface area contributed by atoms with E-state index in [2.05, 4.69) is 12.7 Å². The van der Waals surface area contributed by atoms with E-state index >= 15 is 0 Å². The topological polar surface area (TPSA) is 12.5 Å². The van der Waals surface area contributed by atoms with Crippen LogP contribution in [0.5, 0.6) is 0 Å². The summed E-state index contributed by atoms with van der Waals surface area (Å²) in [6.07, 6.45) is 7.46. The van der Waals surface area contributed by atoms with Crippen LogP contribution in [0.4, 0.5) is 0 Å². The van der Waals surface area contributed by atoms with Gasteiger partial charge in [-0.15, -0.1) is 6.58 Å². The maximum absolute atomic E-state index is 5.56. The van der Waals surface area contributed by atoms with Crippen molar-refractivity contribution in [3.8, 4) is 0 Å². The van der Waals surface area contributed by atoms with Crippen molar-refractivity contribution < 1.29 is 4.74 Å². The molecule has 0 amide bonds. The molecule has 3 fully saturated rings. The Hall–Kier alpha value is -0.300. The van der Waals surface area contributed by atoms with Crippen molar-refractivity contribution in [3.05, 3.63) is 12.7 Å². The van der Waals surface area contributed by atoms with E-state index in [4.69, 9.17) is 4.74 Å². The number of ether oxygens (including phenoxy) is 1. The quantitative estimate of drug-likeness (QED) is 0.395. The highest BCUT2D eigenvalue weighted by Gasteiger charge is 2.66. The lowest BCUT2D eigenvalue weighted by atomic mass is 9.84. The van der Waals surface area contributed by atoms with Crippen molar-refractivity contribution >= 4 is 0 Å². The van der Waals surface area contributed by atoms with Crippen molar-refractivity contribution in [3.63, 3.8) is 0 Å². The average molecular weight is 136 g/mol. The van der Waals surface area contributed by atoms with Gasteiger partial charge in [-0.25, -0.2) is 0 Å². The van der Waals surface area contributed by atoms with Crippen LogP contribution in [0.2, 0.25) is 0 Å². The van der Waals surface area contributed by atoms with E-state index in [0.29, 0.717) is 17.6 Å². The number of hydrogen-bond acceptors (Lipinski definition) is 1. The Morgan fingerprint density at radius 3 is 3.00 bits per heavy atom. The summed E-state index contributed by atoms with van der Waals surface area (Å²) in [7, 11) is 0. The fraction of sp³-hybridized carbons (Fsp3) is 0.778. The van der Waals surface area contributed by atoms with E-state index in [-0.39, 0.29) is 0 Å². The number of fused-ring (bicyclic) bond motifs is 5. The second-order valence-electron chi connectivity index (χ2n) is 3.96. The fourth-order valence-electron chi connectivity index (χ4n) is 2.93. The van der Waals surface area contributed by atoms with E-state index in [0.717, 1.165) is 5.92 Å². The molecule has 0 aromatic rings. The zero-order valence-corrected chi connectivity index (χ0v) is 6.05. The minimum atomic E-state index is 0.426. The van der Waals surface area contributed by atoms with E-state index in [1.54, 1.807) is 0 Å². The largest absolute Gasteiger partial charge is 0.368 e. The highest BCUT2D eigenvalue weighted by molar-refractivity contribution is 5.21. The molecule has 10 heavy (non-hydrogen) atoms. The van der Waals surface area contributed by atoms with E-state index in [1.807, 2.05) is 0 Å². The molecule has 2 saturated carbocycles. The SMILES string of the molecule is C=CC12CCC(C1)C1OC12. The Balaban J connectivity index is 2.04. The van der Waals surface area contributed by atoms with Crippen molar-refractivity contribution in [1.29, 1.82) is 0 Å². The minimum absolute atomic E-state index is 0.426. The van der Waals surface area contributed by atoms with Crippen LogP contribution in [0.25, 0.3) is 0 Å². The molecule has 1 heteroatoms. The number of hydrogen-bond donors (Lipinski definition) is 0. The van der Waals surface area contributed by atoms with Crippen molar-refractivity contribution in [2.45, 2.75) is 31.5 Å². The maximum Gasteiger partial charge on any atom is 0.0935 e. The van der Waals surface area contributed by atoms with Gasteiger partial charge in [-0.3, -0.25) is 0 Å². The molecule has 0 spiro atoms. The third-order valence-electron chi connectivity index (χ3n) is 3.59. The first-order valence-corrected chi connectivity index (χ1v) is 4.15. The number of rotatable bonds is 1. The van der Waals surface area contributed by atoms with Crippen LogP contribution in [-0.4, -0.2) is 12.2 Å². The minimum Gasteiger partial charge on any atom is -0.368 e. The van der Waals surface area contributed by atoms with Gasteiger partial charge in [-0.1, -0.05) is 6.08 Å². The molecular formula is C9H12O. The van der Waals surface area contributed by atoms with Gasteiger partial charge in [0.1, 0.15) is 0 Å². The number of epoxide rings is 1. The maximum atomic E-state index is 5.56. The first kappa shape index (κ1) is 5.36. The summed E-state index contributed by atoms with van der Waals surface area (Å²) in [5.41, 5.74) is 0.426. The van der Waals surface area contributed by atoms with E-state index in [9.17, 15) is 0 Å². The standard InChI is InChI=1S/C9H12O/c1-2-9-4-3-6(5-9)7-8(9)10-7/h2,6-8H,1,3-5H2. The third-order valence-corrected chi connectivity index (χ3v) is 3.59.